The van der Waals surface area contributed by atoms with Crippen molar-refractivity contribution in [2.75, 3.05) is 0 Å². The fourth-order valence-corrected chi connectivity index (χ4v) is 5.12. The van der Waals surface area contributed by atoms with E-state index in [2.05, 4.69) is 54.6 Å². The molecule has 0 unspecified atom stereocenters. The van der Waals surface area contributed by atoms with E-state index in [0.717, 1.165) is 16.7 Å². The van der Waals surface area contributed by atoms with Crippen LogP contribution in [-0.4, -0.2) is 4.92 Å². The van der Waals surface area contributed by atoms with Crippen LogP contribution in [0, 0.1) is 10.1 Å². The molecule has 4 aromatic rings. The molecule has 0 atom stereocenters. The van der Waals surface area contributed by atoms with Gasteiger partial charge in [0.2, 0.25) is 0 Å². The minimum Gasteiger partial charge on any atom is -0.473 e. The lowest BCUT2D eigenvalue weighted by atomic mass is 9.58. The minimum atomic E-state index is -0.797. The van der Waals surface area contributed by atoms with Crippen LogP contribution in [0.5, 0.6) is 5.75 Å². The van der Waals surface area contributed by atoms with Gasteiger partial charge < -0.3 is 4.74 Å². The quantitative estimate of drug-likeness (QED) is 0.329. The molecule has 0 heterocycles. The van der Waals surface area contributed by atoms with Crippen molar-refractivity contribution < 1.29 is 9.66 Å². The molecule has 144 valence electrons. The number of ether oxygens (including phenoxy) is 1. The lowest BCUT2D eigenvalue weighted by molar-refractivity contribution is -0.384. The highest BCUT2D eigenvalue weighted by Crippen LogP contribution is 2.59. The average molecular weight is 391 g/mol. The molecule has 3 aliphatic rings. The van der Waals surface area contributed by atoms with E-state index in [0.29, 0.717) is 5.75 Å². The number of benzene rings is 4. The summed E-state index contributed by atoms with van der Waals surface area (Å²) in [6.45, 7) is 0. The summed E-state index contributed by atoms with van der Waals surface area (Å²) >= 11 is 0. The Morgan fingerprint density at radius 3 is 1.53 bits per heavy atom. The first kappa shape index (κ1) is 17.0. The van der Waals surface area contributed by atoms with E-state index in [1.807, 2.05) is 18.2 Å². The van der Waals surface area contributed by atoms with Gasteiger partial charge in [0.05, 0.1) is 4.92 Å². The molecule has 0 saturated heterocycles. The second-order valence-electron chi connectivity index (χ2n) is 7.73. The van der Waals surface area contributed by atoms with Crippen LogP contribution >= 0.6 is 0 Å². The van der Waals surface area contributed by atoms with Crippen molar-refractivity contribution >= 4 is 5.69 Å². The van der Waals surface area contributed by atoms with Gasteiger partial charge in [-0.25, -0.2) is 0 Å². The first-order valence-electron chi connectivity index (χ1n) is 9.92. The molecule has 0 N–H and O–H groups in total. The fourth-order valence-electron chi connectivity index (χ4n) is 5.12. The van der Waals surface area contributed by atoms with E-state index in [9.17, 15) is 10.1 Å². The van der Waals surface area contributed by atoms with Crippen LogP contribution in [0.3, 0.4) is 0 Å². The van der Waals surface area contributed by atoms with E-state index in [1.165, 1.54) is 28.8 Å². The van der Waals surface area contributed by atoms with Crippen LogP contribution in [-0.2, 0) is 5.60 Å². The van der Waals surface area contributed by atoms with E-state index in [1.54, 1.807) is 12.1 Å². The molecule has 0 aromatic heterocycles. The number of nitro benzene ring substituents is 1. The van der Waals surface area contributed by atoms with Gasteiger partial charge in [-0.3, -0.25) is 10.1 Å². The van der Waals surface area contributed by atoms with Gasteiger partial charge in [0.15, 0.2) is 5.60 Å². The summed E-state index contributed by atoms with van der Waals surface area (Å²) in [4.78, 5) is 10.7. The molecule has 0 amide bonds. The van der Waals surface area contributed by atoms with E-state index in [4.69, 9.17) is 4.74 Å². The van der Waals surface area contributed by atoms with Crippen LogP contribution in [0.15, 0.2) is 97.1 Å². The normalized spacial score (nSPS) is 20.1. The summed E-state index contributed by atoms with van der Waals surface area (Å²) < 4.78 is 6.82. The largest absolute Gasteiger partial charge is 0.473 e. The Morgan fingerprint density at radius 2 is 1.10 bits per heavy atom. The number of nitro groups is 1. The number of non-ortho nitro benzene ring substituents is 1. The highest BCUT2D eigenvalue weighted by Gasteiger charge is 2.53. The smallest absolute Gasteiger partial charge is 0.269 e. The summed E-state index contributed by atoms with van der Waals surface area (Å²) in [5.74, 6) is 0.774. The minimum absolute atomic E-state index is 0.0494. The summed E-state index contributed by atoms with van der Waals surface area (Å²) in [5.41, 5.74) is 6.38. The molecule has 3 aliphatic carbocycles. The summed E-state index contributed by atoms with van der Waals surface area (Å²) in [7, 11) is 0. The molecule has 4 aromatic carbocycles. The zero-order valence-electron chi connectivity index (χ0n) is 16.0. The third-order valence-electron chi connectivity index (χ3n) is 6.27. The molecule has 30 heavy (non-hydrogen) atoms. The molecule has 4 nitrogen and oxygen atoms in total. The van der Waals surface area contributed by atoms with Gasteiger partial charge in [0.25, 0.3) is 5.69 Å². The lowest BCUT2D eigenvalue weighted by Gasteiger charge is -2.50. The van der Waals surface area contributed by atoms with Crippen LogP contribution in [0.25, 0.3) is 0 Å². The SMILES string of the molecule is O=[N+]([O-])c1ccc(OC23c4ccccc4C(c4ccccc42)c2ccccc23)cc1. The van der Waals surface area contributed by atoms with Gasteiger partial charge >= 0.3 is 0 Å². The van der Waals surface area contributed by atoms with Gasteiger partial charge in [0, 0.05) is 34.7 Å². The zero-order valence-corrected chi connectivity index (χ0v) is 16.0. The van der Waals surface area contributed by atoms with Crippen molar-refractivity contribution in [2.24, 2.45) is 0 Å². The van der Waals surface area contributed by atoms with Crippen molar-refractivity contribution in [3.63, 3.8) is 0 Å². The maximum absolute atomic E-state index is 11.1. The number of nitrogens with zero attached hydrogens (tertiary/aromatic N) is 1. The highest BCUT2D eigenvalue weighted by molar-refractivity contribution is 5.70. The Morgan fingerprint density at radius 1 is 0.667 bits per heavy atom. The Kier molecular flexibility index (Phi) is 3.42. The maximum atomic E-state index is 11.1. The topological polar surface area (TPSA) is 52.4 Å². The fraction of sp³-hybridized carbons (Fsp3) is 0.0769. The Balaban J connectivity index is 1.65. The molecular weight excluding hydrogens is 374 g/mol. The van der Waals surface area contributed by atoms with Gasteiger partial charge in [0.1, 0.15) is 5.75 Å². The van der Waals surface area contributed by atoms with Crippen molar-refractivity contribution in [2.45, 2.75) is 11.5 Å². The van der Waals surface area contributed by atoms with E-state index in [-0.39, 0.29) is 11.6 Å². The highest BCUT2D eigenvalue weighted by atomic mass is 16.6. The molecule has 0 fully saturated rings. The monoisotopic (exact) mass is 391 g/mol. The first-order valence-corrected chi connectivity index (χ1v) is 9.92. The Bertz CT molecular complexity index is 1190. The van der Waals surface area contributed by atoms with Crippen molar-refractivity contribution in [3.05, 3.63) is 141 Å². The standard InChI is InChI=1S/C26H17NO3/c28-27(29)17-13-15-18(16-14-17)30-26-22-10-4-1-7-19(22)25(20-8-2-5-11-23(20)26)21-9-3-6-12-24(21)26/h1-16,25H. The van der Waals surface area contributed by atoms with Crippen molar-refractivity contribution in [1.82, 2.24) is 0 Å². The van der Waals surface area contributed by atoms with Gasteiger partial charge in [-0.2, -0.15) is 0 Å². The second-order valence-corrected chi connectivity index (χ2v) is 7.73. The van der Waals surface area contributed by atoms with Gasteiger partial charge in [-0.1, -0.05) is 72.8 Å². The third-order valence-corrected chi connectivity index (χ3v) is 6.27. The molecule has 0 radical (unpaired) electrons. The Labute approximate surface area is 173 Å². The molecule has 4 heteroatoms. The number of hydrogen-bond donors (Lipinski definition) is 0. The lowest BCUT2D eigenvalue weighted by Crippen LogP contribution is -2.46. The predicted octanol–water partition coefficient (Wildman–Crippen LogP) is 5.77. The zero-order chi connectivity index (χ0) is 20.3. The summed E-state index contributed by atoms with van der Waals surface area (Å²) in [5, 5.41) is 11.1. The molecule has 7 rings (SSSR count). The number of hydrogen-bond acceptors (Lipinski definition) is 3. The maximum Gasteiger partial charge on any atom is 0.269 e. The first-order chi connectivity index (χ1) is 14.7. The molecule has 0 aliphatic heterocycles. The van der Waals surface area contributed by atoms with Crippen LogP contribution in [0.2, 0.25) is 0 Å². The van der Waals surface area contributed by atoms with Crippen LogP contribution < -0.4 is 4.74 Å². The van der Waals surface area contributed by atoms with Crippen molar-refractivity contribution in [3.8, 4) is 5.75 Å². The van der Waals surface area contributed by atoms with Gasteiger partial charge in [-0.15, -0.1) is 0 Å². The average Bonchev–Trinajstić information content (AvgIpc) is 2.80. The summed E-state index contributed by atoms with van der Waals surface area (Å²) in [6, 6.07) is 31.7. The summed E-state index contributed by atoms with van der Waals surface area (Å²) in [6.07, 6.45) is 0. The van der Waals surface area contributed by atoms with Crippen molar-refractivity contribution in [1.29, 1.82) is 0 Å². The van der Waals surface area contributed by atoms with E-state index < -0.39 is 10.5 Å². The second kappa shape index (κ2) is 6.04. The molecule has 0 saturated carbocycles. The predicted molar refractivity (Wildman–Crippen MR) is 114 cm³/mol. The Hall–Kier alpha value is -3.92. The number of rotatable bonds is 3. The molecular formula is C26H17NO3. The molecule has 2 bridgehead atoms. The van der Waals surface area contributed by atoms with E-state index >= 15 is 0 Å². The van der Waals surface area contributed by atoms with Crippen LogP contribution in [0.1, 0.15) is 39.3 Å². The molecule has 0 spiro atoms. The van der Waals surface area contributed by atoms with Gasteiger partial charge in [-0.05, 0) is 28.8 Å². The van der Waals surface area contributed by atoms with Crippen LogP contribution in [0.4, 0.5) is 5.69 Å². The third kappa shape index (κ3) is 2.10.